The predicted molar refractivity (Wildman–Crippen MR) is 242 cm³/mol. The largest absolute Gasteiger partial charge is 0.455 e. The third kappa shape index (κ3) is 5.32. The standard InChI is InChI=1S/C53H31N3OS/c1-2-10-32(11-3-1)34-20-24-36(25-21-34)51-54-52(39-27-22-33-12-4-5-13-37(33)30-39)56-53(55-51)45-18-9-17-44-43-16-8-15-40(49(43)58-50(44)45)38-26-23-35-28-29-42-41-14-6-7-19-47(41)57-48(42)46(35)31-38/h1-31H. The van der Waals surface area contributed by atoms with Gasteiger partial charge in [-0.15, -0.1) is 11.3 Å². The summed E-state index contributed by atoms with van der Waals surface area (Å²) in [5.41, 5.74) is 9.36. The van der Waals surface area contributed by atoms with Gasteiger partial charge < -0.3 is 4.42 Å². The first-order chi connectivity index (χ1) is 28.7. The minimum atomic E-state index is 0.639. The molecule has 0 atom stereocenters. The normalized spacial score (nSPS) is 11.8. The van der Waals surface area contributed by atoms with E-state index in [0.29, 0.717) is 17.5 Å². The highest BCUT2D eigenvalue weighted by atomic mass is 32.1. The van der Waals surface area contributed by atoms with Gasteiger partial charge >= 0.3 is 0 Å². The van der Waals surface area contributed by atoms with Crippen molar-refractivity contribution in [2.45, 2.75) is 0 Å². The van der Waals surface area contributed by atoms with Crippen LogP contribution in [0.25, 0.3) is 120 Å². The Morgan fingerprint density at radius 1 is 0.328 bits per heavy atom. The van der Waals surface area contributed by atoms with E-state index >= 15 is 0 Å². The molecule has 0 saturated heterocycles. The molecule has 0 aliphatic rings. The zero-order valence-electron chi connectivity index (χ0n) is 31.1. The summed E-state index contributed by atoms with van der Waals surface area (Å²) in [6.45, 7) is 0. The van der Waals surface area contributed by atoms with Gasteiger partial charge in [-0.2, -0.15) is 0 Å². The van der Waals surface area contributed by atoms with Gasteiger partial charge in [-0.3, -0.25) is 0 Å². The smallest absolute Gasteiger partial charge is 0.165 e. The highest BCUT2D eigenvalue weighted by Crippen LogP contribution is 2.45. The second kappa shape index (κ2) is 13.1. The summed E-state index contributed by atoms with van der Waals surface area (Å²) in [6, 6.07) is 66.3. The summed E-state index contributed by atoms with van der Waals surface area (Å²) in [6.07, 6.45) is 0. The molecule has 12 aromatic rings. The van der Waals surface area contributed by atoms with Gasteiger partial charge in [-0.1, -0.05) is 158 Å². The molecule has 0 spiro atoms. The molecule has 0 radical (unpaired) electrons. The van der Waals surface area contributed by atoms with Crippen LogP contribution in [0.2, 0.25) is 0 Å². The molecule has 0 bridgehead atoms. The van der Waals surface area contributed by atoms with E-state index in [9.17, 15) is 0 Å². The molecule has 0 fully saturated rings. The number of rotatable bonds is 5. The molecule has 3 aromatic heterocycles. The monoisotopic (exact) mass is 757 g/mol. The van der Waals surface area contributed by atoms with E-state index in [1.54, 1.807) is 11.3 Å². The number of thiophene rings is 1. The maximum atomic E-state index is 6.47. The molecule has 0 aliphatic heterocycles. The van der Waals surface area contributed by atoms with Crippen molar-refractivity contribution in [1.29, 1.82) is 0 Å². The minimum Gasteiger partial charge on any atom is -0.455 e. The van der Waals surface area contributed by atoms with Crippen molar-refractivity contribution in [3.05, 3.63) is 188 Å². The molecule has 9 aromatic carbocycles. The van der Waals surface area contributed by atoms with Crippen molar-refractivity contribution in [3.8, 4) is 56.4 Å². The van der Waals surface area contributed by atoms with Crippen molar-refractivity contribution >= 4 is 75.0 Å². The molecule has 3 heterocycles. The molecule has 58 heavy (non-hydrogen) atoms. The number of aromatic nitrogens is 3. The number of fused-ring (bicyclic) bond motifs is 9. The van der Waals surface area contributed by atoms with Gasteiger partial charge in [0.1, 0.15) is 11.2 Å². The van der Waals surface area contributed by atoms with Crippen LogP contribution in [0.1, 0.15) is 0 Å². The van der Waals surface area contributed by atoms with Crippen LogP contribution < -0.4 is 0 Å². The Balaban J connectivity index is 1.03. The molecule has 0 saturated carbocycles. The quantitative estimate of drug-likeness (QED) is 0.175. The Morgan fingerprint density at radius 3 is 1.76 bits per heavy atom. The highest BCUT2D eigenvalue weighted by molar-refractivity contribution is 7.26. The second-order valence-corrected chi connectivity index (χ2v) is 15.8. The summed E-state index contributed by atoms with van der Waals surface area (Å²) < 4.78 is 8.84. The van der Waals surface area contributed by atoms with Crippen molar-refractivity contribution in [2.24, 2.45) is 0 Å². The van der Waals surface area contributed by atoms with Crippen LogP contribution in [0.5, 0.6) is 0 Å². The van der Waals surface area contributed by atoms with E-state index in [4.69, 9.17) is 19.4 Å². The fraction of sp³-hybridized carbons (Fsp3) is 0. The Kier molecular flexibility index (Phi) is 7.37. The average molecular weight is 758 g/mol. The molecule has 5 heteroatoms. The van der Waals surface area contributed by atoms with Gasteiger partial charge in [0.05, 0.1) is 0 Å². The molecular formula is C53H31N3OS. The van der Waals surface area contributed by atoms with Gasteiger partial charge in [0.2, 0.25) is 0 Å². The van der Waals surface area contributed by atoms with Crippen LogP contribution in [0.3, 0.4) is 0 Å². The maximum Gasteiger partial charge on any atom is 0.165 e. The van der Waals surface area contributed by atoms with Crippen molar-refractivity contribution in [3.63, 3.8) is 0 Å². The van der Waals surface area contributed by atoms with Crippen molar-refractivity contribution in [2.75, 3.05) is 0 Å². The third-order valence-corrected chi connectivity index (χ3v) is 12.6. The Labute approximate surface area is 337 Å². The summed E-state index contributed by atoms with van der Waals surface area (Å²) in [4.78, 5) is 15.6. The Morgan fingerprint density at radius 2 is 0.914 bits per heavy atom. The van der Waals surface area contributed by atoms with E-state index in [0.717, 1.165) is 70.6 Å². The third-order valence-electron chi connectivity index (χ3n) is 11.3. The zero-order chi connectivity index (χ0) is 38.2. The Hall–Kier alpha value is -7.47. The molecule has 0 unspecified atom stereocenters. The van der Waals surface area contributed by atoms with Gasteiger partial charge in [-0.05, 0) is 68.7 Å². The number of nitrogens with zero attached hydrogens (tertiary/aromatic N) is 3. The zero-order valence-corrected chi connectivity index (χ0v) is 31.9. The Bertz CT molecular complexity index is 3570. The van der Waals surface area contributed by atoms with Gasteiger partial charge in [0, 0.05) is 53.0 Å². The molecule has 12 rings (SSSR count). The maximum absolute atomic E-state index is 6.47. The summed E-state index contributed by atoms with van der Waals surface area (Å²) in [5, 5.41) is 9.25. The van der Waals surface area contributed by atoms with Crippen LogP contribution in [-0.4, -0.2) is 15.0 Å². The second-order valence-electron chi connectivity index (χ2n) is 14.8. The summed E-state index contributed by atoms with van der Waals surface area (Å²) >= 11 is 1.80. The van der Waals surface area contributed by atoms with Crippen LogP contribution in [0, 0.1) is 0 Å². The lowest BCUT2D eigenvalue weighted by molar-refractivity contribution is 0.672. The molecule has 0 N–H and O–H groups in total. The first kappa shape index (κ1) is 32.7. The first-order valence-corrected chi connectivity index (χ1v) is 20.2. The number of hydrogen-bond acceptors (Lipinski definition) is 5. The number of furan rings is 1. The lowest BCUT2D eigenvalue weighted by Gasteiger charge is -2.10. The van der Waals surface area contributed by atoms with Crippen molar-refractivity contribution < 1.29 is 4.42 Å². The fourth-order valence-corrected chi connectivity index (χ4v) is 9.76. The fourth-order valence-electron chi connectivity index (χ4n) is 8.42. The lowest BCUT2D eigenvalue weighted by atomic mass is 9.98. The van der Waals surface area contributed by atoms with Gasteiger partial charge in [0.25, 0.3) is 0 Å². The first-order valence-electron chi connectivity index (χ1n) is 19.4. The molecule has 0 aliphatic carbocycles. The van der Waals surface area contributed by atoms with Crippen LogP contribution in [0.4, 0.5) is 0 Å². The van der Waals surface area contributed by atoms with Gasteiger partial charge in [0.15, 0.2) is 17.5 Å². The number of benzene rings is 9. The number of para-hydroxylation sites is 1. The van der Waals surface area contributed by atoms with E-state index in [1.807, 2.05) is 18.2 Å². The van der Waals surface area contributed by atoms with Crippen molar-refractivity contribution in [1.82, 2.24) is 15.0 Å². The summed E-state index contributed by atoms with van der Waals surface area (Å²) in [7, 11) is 0. The average Bonchev–Trinajstić information content (AvgIpc) is 3.88. The SMILES string of the molecule is c1ccc(-c2ccc(-c3nc(-c4ccc5ccccc5c4)nc(-c4cccc5c4sc4c(-c6ccc7ccc8c9ccccc9oc8c7c6)cccc45)n3)cc2)cc1. The topological polar surface area (TPSA) is 51.8 Å². The number of hydrogen-bond donors (Lipinski definition) is 0. The van der Waals surface area contributed by atoms with Crippen LogP contribution in [-0.2, 0) is 0 Å². The summed E-state index contributed by atoms with van der Waals surface area (Å²) in [5.74, 6) is 1.93. The van der Waals surface area contributed by atoms with Crippen LogP contribution in [0.15, 0.2) is 192 Å². The van der Waals surface area contributed by atoms with Gasteiger partial charge in [-0.25, -0.2) is 15.0 Å². The lowest BCUT2D eigenvalue weighted by Crippen LogP contribution is -2.00. The highest BCUT2D eigenvalue weighted by Gasteiger charge is 2.19. The van der Waals surface area contributed by atoms with E-state index in [2.05, 4.69) is 170 Å². The predicted octanol–water partition coefficient (Wildman–Crippen LogP) is 14.8. The van der Waals surface area contributed by atoms with E-state index < -0.39 is 0 Å². The molecular weight excluding hydrogens is 727 g/mol. The van der Waals surface area contributed by atoms with E-state index in [-0.39, 0.29) is 0 Å². The van der Waals surface area contributed by atoms with Crippen LogP contribution >= 0.6 is 11.3 Å². The molecule has 4 nitrogen and oxygen atoms in total. The molecule has 270 valence electrons. The van der Waals surface area contributed by atoms with E-state index in [1.165, 1.54) is 32.0 Å². The minimum absolute atomic E-state index is 0.639. The molecule has 0 amide bonds.